The number of amides is 2. The number of halogens is 1. The van der Waals surface area contributed by atoms with E-state index in [0.717, 1.165) is 5.56 Å². The summed E-state index contributed by atoms with van der Waals surface area (Å²) in [5, 5.41) is 12.5. The molecule has 1 heterocycles. The molecule has 28 heavy (non-hydrogen) atoms. The summed E-state index contributed by atoms with van der Waals surface area (Å²) >= 11 is 5.90. The first kappa shape index (κ1) is 22.0. The van der Waals surface area contributed by atoms with Crippen molar-refractivity contribution >= 4 is 29.6 Å². The molecule has 2 amide bonds. The van der Waals surface area contributed by atoms with Crippen molar-refractivity contribution in [2.75, 3.05) is 19.8 Å². The van der Waals surface area contributed by atoms with Crippen molar-refractivity contribution in [1.29, 1.82) is 0 Å². The fraction of sp³-hybridized carbons (Fsp3) is 0.526. The summed E-state index contributed by atoms with van der Waals surface area (Å²) in [6.45, 7) is 5.40. The lowest BCUT2D eigenvalue weighted by Gasteiger charge is -2.35. The van der Waals surface area contributed by atoms with Crippen molar-refractivity contribution in [3.8, 4) is 0 Å². The van der Waals surface area contributed by atoms with Crippen LogP contribution in [0, 0.1) is 0 Å². The minimum atomic E-state index is -1.16. The topological polar surface area (TPSA) is 105 Å². The lowest BCUT2D eigenvalue weighted by Crippen LogP contribution is -2.59. The van der Waals surface area contributed by atoms with Crippen LogP contribution < -0.4 is 5.32 Å². The predicted octanol–water partition coefficient (Wildman–Crippen LogP) is 2.09. The molecule has 1 aliphatic rings. The molecule has 2 rings (SSSR count). The van der Waals surface area contributed by atoms with E-state index >= 15 is 0 Å². The molecule has 154 valence electrons. The van der Waals surface area contributed by atoms with Crippen molar-refractivity contribution in [3.05, 3.63) is 34.9 Å². The highest BCUT2D eigenvalue weighted by molar-refractivity contribution is 6.30. The van der Waals surface area contributed by atoms with E-state index in [1.165, 1.54) is 4.90 Å². The van der Waals surface area contributed by atoms with Crippen LogP contribution in [-0.4, -0.2) is 65.4 Å². The SMILES string of the molecule is CC(C)(C)OC(=O)NC(Cc1ccc(Cl)cc1)C(=O)N1CCOC[C@H]1C(=O)O. The molecule has 1 unspecified atom stereocenters. The minimum absolute atomic E-state index is 0.0961. The Morgan fingerprint density at radius 1 is 1.32 bits per heavy atom. The number of nitrogens with one attached hydrogen (secondary N) is 1. The molecule has 1 fully saturated rings. The van der Waals surface area contributed by atoms with Crippen LogP contribution in [0.5, 0.6) is 0 Å². The summed E-state index contributed by atoms with van der Waals surface area (Å²) in [4.78, 5) is 38.1. The molecule has 2 atom stereocenters. The van der Waals surface area contributed by atoms with Gasteiger partial charge in [-0.05, 0) is 38.5 Å². The number of benzene rings is 1. The van der Waals surface area contributed by atoms with Gasteiger partial charge in [-0.15, -0.1) is 0 Å². The van der Waals surface area contributed by atoms with Gasteiger partial charge >= 0.3 is 12.1 Å². The van der Waals surface area contributed by atoms with Crippen LogP contribution in [0.2, 0.25) is 5.02 Å². The van der Waals surface area contributed by atoms with Gasteiger partial charge in [-0.25, -0.2) is 9.59 Å². The van der Waals surface area contributed by atoms with Gasteiger partial charge in [0.25, 0.3) is 0 Å². The number of carbonyl (C=O) groups excluding carboxylic acids is 2. The summed E-state index contributed by atoms with van der Waals surface area (Å²) in [5.74, 6) is -1.66. The zero-order chi connectivity index (χ0) is 20.9. The predicted molar refractivity (Wildman–Crippen MR) is 102 cm³/mol. The van der Waals surface area contributed by atoms with Gasteiger partial charge in [0, 0.05) is 18.0 Å². The zero-order valence-corrected chi connectivity index (χ0v) is 16.9. The third-order valence-electron chi connectivity index (χ3n) is 4.04. The van der Waals surface area contributed by atoms with E-state index in [1.807, 2.05) is 0 Å². The number of rotatable bonds is 5. The molecule has 0 bridgehead atoms. The maximum absolute atomic E-state index is 13.1. The number of carbonyl (C=O) groups is 3. The average molecular weight is 413 g/mol. The van der Waals surface area contributed by atoms with E-state index in [9.17, 15) is 19.5 Å². The maximum atomic E-state index is 13.1. The number of morpholine rings is 1. The lowest BCUT2D eigenvalue weighted by atomic mass is 10.0. The summed E-state index contributed by atoms with van der Waals surface area (Å²) in [5.41, 5.74) is 0.0273. The quantitative estimate of drug-likeness (QED) is 0.767. The van der Waals surface area contributed by atoms with Crippen LogP contribution in [0.25, 0.3) is 0 Å². The van der Waals surface area contributed by atoms with E-state index in [4.69, 9.17) is 21.1 Å². The number of alkyl carbamates (subject to hydrolysis) is 1. The van der Waals surface area contributed by atoms with Crippen molar-refractivity contribution in [2.45, 2.75) is 44.9 Å². The van der Waals surface area contributed by atoms with Crippen LogP contribution in [0.15, 0.2) is 24.3 Å². The highest BCUT2D eigenvalue weighted by Gasteiger charge is 2.37. The summed E-state index contributed by atoms with van der Waals surface area (Å²) in [6.07, 6.45) is -0.584. The molecule has 0 aromatic heterocycles. The minimum Gasteiger partial charge on any atom is -0.480 e. The lowest BCUT2D eigenvalue weighted by molar-refractivity contribution is -0.159. The van der Waals surface area contributed by atoms with Gasteiger partial charge in [0.05, 0.1) is 13.2 Å². The van der Waals surface area contributed by atoms with Gasteiger partial charge in [-0.1, -0.05) is 23.7 Å². The Balaban J connectivity index is 2.22. The number of carboxylic acid groups (broad SMARTS) is 1. The van der Waals surface area contributed by atoms with Gasteiger partial charge in [0.15, 0.2) is 6.04 Å². The molecular formula is C19H25ClN2O6. The molecule has 2 N–H and O–H groups in total. The Hall–Kier alpha value is -2.32. The van der Waals surface area contributed by atoms with E-state index in [0.29, 0.717) is 5.02 Å². The van der Waals surface area contributed by atoms with Crippen molar-refractivity contribution in [1.82, 2.24) is 10.2 Å². The fourth-order valence-electron chi connectivity index (χ4n) is 2.78. The standard InChI is InChI=1S/C19H25ClN2O6/c1-19(2,3)28-18(26)21-14(10-12-4-6-13(20)7-5-12)16(23)22-8-9-27-11-15(22)17(24)25/h4-7,14-15H,8-11H2,1-3H3,(H,21,26)(H,24,25)/t14?,15-/m0/s1. The van der Waals surface area contributed by atoms with Gasteiger partial charge in [0.2, 0.25) is 5.91 Å². The van der Waals surface area contributed by atoms with Crippen LogP contribution >= 0.6 is 11.6 Å². The second kappa shape index (κ2) is 9.25. The highest BCUT2D eigenvalue weighted by atomic mass is 35.5. The van der Waals surface area contributed by atoms with Gasteiger partial charge < -0.3 is 24.8 Å². The van der Waals surface area contributed by atoms with Crippen molar-refractivity contribution in [2.24, 2.45) is 0 Å². The molecule has 0 radical (unpaired) electrons. The van der Waals surface area contributed by atoms with Gasteiger partial charge in [-0.2, -0.15) is 0 Å². The van der Waals surface area contributed by atoms with E-state index in [1.54, 1.807) is 45.0 Å². The van der Waals surface area contributed by atoms with Gasteiger partial charge in [-0.3, -0.25) is 4.79 Å². The Morgan fingerprint density at radius 3 is 2.54 bits per heavy atom. The zero-order valence-electron chi connectivity index (χ0n) is 16.1. The van der Waals surface area contributed by atoms with Crippen molar-refractivity contribution < 1.29 is 29.0 Å². The molecule has 9 heteroatoms. The summed E-state index contributed by atoms with van der Waals surface area (Å²) in [7, 11) is 0. The Morgan fingerprint density at radius 2 is 1.96 bits per heavy atom. The fourth-order valence-corrected chi connectivity index (χ4v) is 2.90. The first-order chi connectivity index (χ1) is 13.1. The van der Waals surface area contributed by atoms with Crippen molar-refractivity contribution in [3.63, 3.8) is 0 Å². The van der Waals surface area contributed by atoms with Crippen LogP contribution in [-0.2, 0) is 25.5 Å². The summed E-state index contributed by atoms with van der Waals surface area (Å²) in [6, 6.07) is 4.76. The van der Waals surface area contributed by atoms with Gasteiger partial charge in [0.1, 0.15) is 11.6 Å². The molecule has 1 aromatic rings. The Labute approximate surface area is 168 Å². The molecule has 1 saturated heterocycles. The third kappa shape index (κ3) is 6.38. The molecule has 0 spiro atoms. The number of nitrogens with zero attached hydrogens (tertiary/aromatic N) is 1. The van der Waals surface area contributed by atoms with E-state index in [2.05, 4.69) is 5.32 Å². The largest absolute Gasteiger partial charge is 0.480 e. The first-order valence-electron chi connectivity index (χ1n) is 8.92. The summed E-state index contributed by atoms with van der Waals surface area (Å²) < 4.78 is 10.4. The molecule has 0 saturated carbocycles. The first-order valence-corrected chi connectivity index (χ1v) is 9.29. The second-order valence-corrected chi connectivity index (χ2v) is 7.93. The smallest absolute Gasteiger partial charge is 0.408 e. The van der Waals surface area contributed by atoms with Crippen LogP contribution in [0.3, 0.4) is 0 Å². The van der Waals surface area contributed by atoms with Crippen LogP contribution in [0.4, 0.5) is 4.79 Å². The number of carboxylic acids is 1. The van der Waals surface area contributed by atoms with Crippen LogP contribution in [0.1, 0.15) is 26.3 Å². The van der Waals surface area contributed by atoms with E-state index in [-0.39, 0.29) is 26.2 Å². The number of hydrogen-bond acceptors (Lipinski definition) is 5. The molecule has 8 nitrogen and oxygen atoms in total. The number of aliphatic carboxylic acids is 1. The maximum Gasteiger partial charge on any atom is 0.408 e. The second-order valence-electron chi connectivity index (χ2n) is 7.49. The van der Waals surface area contributed by atoms with E-state index < -0.39 is 35.7 Å². The average Bonchev–Trinajstić information content (AvgIpc) is 2.60. The molecule has 1 aliphatic heterocycles. The molecule has 0 aliphatic carbocycles. The monoisotopic (exact) mass is 412 g/mol. The third-order valence-corrected chi connectivity index (χ3v) is 4.29. The number of ether oxygens (including phenoxy) is 2. The molecule has 1 aromatic carbocycles. The number of hydrogen-bond donors (Lipinski definition) is 2. The normalized spacial score (nSPS) is 18.3. The highest BCUT2D eigenvalue weighted by Crippen LogP contribution is 2.16. The Kier molecular flexibility index (Phi) is 7.26. The molecular weight excluding hydrogens is 388 g/mol. The Bertz CT molecular complexity index is 716.